The number of nitrogens with two attached hydrogens (primary N) is 1. The zero-order valence-corrected chi connectivity index (χ0v) is 20.5. The third-order valence-corrected chi connectivity index (χ3v) is 9.52. The monoisotopic (exact) mass is 524 g/mol. The summed E-state index contributed by atoms with van der Waals surface area (Å²) in [4.78, 5) is 3.81. The molecular formula is C28H33IN2. The Labute approximate surface area is 199 Å². The number of fused-ring (bicyclic) bond motifs is 1. The zero-order chi connectivity index (χ0) is 21.0. The van der Waals surface area contributed by atoms with Crippen LogP contribution in [-0.2, 0) is 11.8 Å². The van der Waals surface area contributed by atoms with Gasteiger partial charge in [0.1, 0.15) is 0 Å². The van der Waals surface area contributed by atoms with Crippen LogP contribution in [0.5, 0.6) is 0 Å². The van der Waals surface area contributed by atoms with E-state index in [0.29, 0.717) is 5.41 Å². The van der Waals surface area contributed by atoms with Crippen LogP contribution in [0.2, 0.25) is 0 Å². The van der Waals surface area contributed by atoms with Crippen molar-refractivity contribution in [2.75, 3.05) is 6.54 Å². The number of halogens is 1. The average Bonchev–Trinajstić information content (AvgIpc) is 3.11. The minimum absolute atomic E-state index is 0.454. The molecule has 4 bridgehead atoms. The number of hydrogen-bond acceptors (Lipinski definition) is 1. The van der Waals surface area contributed by atoms with Gasteiger partial charge in [-0.15, -0.1) is 0 Å². The highest BCUT2D eigenvalue weighted by Gasteiger charge is 2.51. The normalized spacial score (nSPS) is 29.2. The molecular weight excluding hydrogens is 491 g/mol. The second-order valence-electron chi connectivity index (χ2n) is 10.7. The van der Waals surface area contributed by atoms with Crippen molar-refractivity contribution in [2.45, 2.75) is 63.2 Å². The van der Waals surface area contributed by atoms with Crippen LogP contribution in [0.3, 0.4) is 0 Å². The molecule has 3 aromatic rings. The number of rotatable bonds is 6. The maximum Gasteiger partial charge on any atom is 0.0508 e. The van der Waals surface area contributed by atoms with Crippen molar-refractivity contribution < 1.29 is 0 Å². The molecule has 0 atom stereocenters. The van der Waals surface area contributed by atoms with E-state index in [1.54, 1.807) is 5.56 Å². The molecule has 2 aromatic carbocycles. The van der Waals surface area contributed by atoms with Crippen molar-refractivity contribution in [2.24, 2.45) is 23.5 Å². The topological polar surface area (TPSA) is 41.8 Å². The second-order valence-corrected chi connectivity index (χ2v) is 11.8. The van der Waals surface area contributed by atoms with E-state index in [1.165, 1.54) is 69.8 Å². The second kappa shape index (κ2) is 7.91. The number of benzene rings is 2. The lowest BCUT2D eigenvalue weighted by atomic mass is 9.48. The molecule has 0 unspecified atom stereocenters. The van der Waals surface area contributed by atoms with Crippen molar-refractivity contribution in [1.82, 2.24) is 4.98 Å². The third kappa shape index (κ3) is 3.47. The highest BCUT2D eigenvalue weighted by Crippen LogP contribution is 2.61. The molecule has 0 radical (unpaired) electrons. The summed E-state index contributed by atoms with van der Waals surface area (Å²) in [5.74, 6) is 2.95. The number of H-pyrrole nitrogens is 1. The molecule has 7 rings (SSSR count). The van der Waals surface area contributed by atoms with Crippen molar-refractivity contribution in [3.63, 3.8) is 0 Å². The maximum absolute atomic E-state index is 5.84. The highest BCUT2D eigenvalue weighted by molar-refractivity contribution is 14.1. The smallest absolute Gasteiger partial charge is 0.0508 e. The molecule has 2 nitrogen and oxygen atoms in total. The van der Waals surface area contributed by atoms with E-state index in [4.69, 9.17) is 5.73 Å². The van der Waals surface area contributed by atoms with Crippen molar-refractivity contribution in [3.8, 4) is 11.3 Å². The molecule has 0 aliphatic heterocycles. The van der Waals surface area contributed by atoms with Crippen molar-refractivity contribution in [1.29, 1.82) is 0 Å². The Morgan fingerprint density at radius 2 is 1.65 bits per heavy atom. The molecule has 0 saturated heterocycles. The summed E-state index contributed by atoms with van der Waals surface area (Å²) in [5.41, 5.74) is 13.4. The number of aryl methyl sites for hydroxylation is 1. The molecule has 3 heteroatoms. The summed E-state index contributed by atoms with van der Waals surface area (Å²) >= 11 is 2.48. The first-order valence-corrected chi connectivity index (χ1v) is 13.3. The van der Waals surface area contributed by atoms with Gasteiger partial charge in [0.25, 0.3) is 0 Å². The SMILES string of the molecule is NCCCCc1c(-c2ccccc2I)[nH]c2ccc(C34CC5CC(CC(C5)C3)C4)cc12. The fourth-order valence-corrected chi connectivity index (χ4v) is 8.30. The predicted octanol–water partition coefficient (Wildman–Crippen LogP) is 7.19. The van der Waals surface area contributed by atoms with Crippen molar-refractivity contribution >= 4 is 33.5 Å². The Morgan fingerprint density at radius 3 is 2.32 bits per heavy atom. The van der Waals surface area contributed by atoms with Crippen LogP contribution in [0.1, 0.15) is 62.5 Å². The summed E-state index contributed by atoms with van der Waals surface area (Å²) in [5, 5.41) is 1.46. The van der Waals surface area contributed by atoms with Crippen LogP contribution in [0, 0.1) is 21.3 Å². The minimum atomic E-state index is 0.454. The Morgan fingerprint density at radius 1 is 0.935 bits per heavy atom. The lowest BCUT2D eigenvalue weighted by Crippen LogP contribution is -2.48. The molecule has 31 heavy (non-hydrogen) atoms. The fourth-order valence-electron chi connectivity index (χ4n) is 7.64. The molecule has 162 valence electrons. The molecule has 3 N–H and O–H groups in total. The van der Waals surface area contributed by atoms with Crippen LogP contribution < -0.4 is 5.73 Å². The third-order valence-electron chi connectivity index (χ3n) is 8.58. The van der Waals surface area contributed by atoms with E-state index in [0.717, 1.165) is 43.6 Å². The van der Waals surface area contributed by atoms with Gasteiger partial charge in [0.2, 0.25) is 0 Å². The van der Waals surface area contributed by atoms with Gasteiger partial charge in [-0.3, -0.25) is 0 Å². The lowest BCUT2D eigenvalue weighted by Gasteiger charge is -2.57. The van der Waals surface area contributed by atoms with Crippen LogP contribution >= 0.6 is 22.6 Å². The first-order valence-electron chi connectivity index (χ1n) is 12.3. The summed E-state index contributed by atoms with van der Waals surface area (Å²) < 4.78 is 1.31. The summed E-state index contributed by atoms with van der Waals surface area (Å²) in [6.07, 6.45) is 12.2. The van der Waals surface area contributed by atoms with Crippen LogP contribution in [0.25, 0.3) is 22.2 Å². The number of nitrogens with one attached hydrogen (secondary N) is 1. The first kappa shape index (κ1) is 20.3. The summed E-state index contributed by atoms with van der Waals surface area (Å²) in [6.45, 7) is 0.777. The van der Waals surface area contributed by atoms with Gasteiger partial charge in [-0.1, -0.05) is 24.3 Å². The number of unbranched alkanes of at least 4 members (excludes halogenated alkanes) is 1. The van der Waals surface area contributed by atoms with Gasteiger partial charge in [-0.25, -0.2) is 0 Å². The number of aromatic nitrogens is 1. The molecule has 0 amide bonds. The number of hydrogen-bond donors (Lipinski definition) is 2. The van der Waals surface area contributed by atoms with Crippen LogP contribution in [0.15, 0.2) is 42.5 Å². The zero-order valence-electron chi connectivity index (χ0n) is 18.3. The molecule has 1 aromatic heterocycles. The van der Waals surface area contributed by atoms with Gasteiger partial charge in [0, 0.05) is 20.0 Å². The molecule has 4 fully saturated rings. The molecule has 4 aliphatic rings. The van der Waals surface area contributed by atoms with E-state index in [2.05, 4.69) is 70.0 Å². The van der Waals surface area contributed by atoms with E-state index < -0.39 is 0 Å². The Bertz CT molecular complexity index is 1080. The summed E-state index contributed by atoms with van der Waals surface area (Å²) in [6, 6.07) is 16.2. The van der Waals surface area contributed by atoms with Crippen LogP contribution in [-0.4, -0.2) is 11.5 Å². The largest absolute Gasteiger partial charge is 0.354 e. The maximum atomic E-state index is 5.84. The molecule has 4 aliphatic carbocycles. The summed E-state index contributed by atoms with van der Waals surface area (Å²) in [7, 11) is 0. The number of aromatic amines is 1. The highest BCUT2D eigenvalue weighted by atomic mass is 127. The van der Waals surface area contributed by atoms with Crippen LogP contribution in [0.4, 0.5) is 0 Å². The molecule has 0 spiro atoms. The Balaban J connectivity index is 1.46. The predicted molar refractivity (Wildman–Crippen MR) is 138 cm³/mol. The lowest BCUT2D eigenvalue weighted by molar-refractivity contribution is -0.00513. The van der Waals surface area contributed by atoms with E-state index in [1.807, 2.05) is 0 Å². The Kier molecular flexibility index (Phi) is 5.18. The fraction of sp³-hybridized carbons (Fsp3) is 0.500. The van der Waals surface area contributed by atoms with Gasteiger partial charge in [-0.2, -0.15) is 0 Å². The van der Waals surface area contributed by atoms with Crippen molar-refractivity contribution in [3.05, 3.63) is 57.2 Å². The minimum Gasteiger partial charge on any atom is -0.354 e. The van der Waals surface area contributed by atoms with Gasteiger partial charge in [0.15, 0.2) is 0 Å². The quantitative estimate of drug-likeness (QED) is 0.260. The first-order chi connectivity index (χ1) is 15.1. The molecule has 4 saturated carbocycles. The van der Waals surface area contributed by atoms with Gasteiger partial charge in [-0.05, 0) is 139 Å². The van der Waals surface area contributed by atoms with E-state index >= 15 is 0 Å². The Hall–Kier alpha value is -1.33. The average molecular weight is 524 g/mol. The van der Waals surface area contributed by atoms with Gasteiger partial charge >= 0.3 is 0 Å². The van der Waals surface area contributed by atoms with Gasteiger partial charge in [0.05, 0.1) is 5.69 Å². The standard InChI is InChI=1S/C28H33IN2/c29-25-7-2-1-6-23(25)27-22(5-3-4-10-30)24-14-21(8-9-26(24)31-27)28-15-18-11-19(16-28)13-20(12-18)17-28/h1-2,6-9,14,18-20,31H,3-5,10-13,15-17,30H2. The molecule has 1 heterocycles. The van der Waals surface area contributed by atoms with Gasteiger partial charge < -0.3 is 10.7 Å². The van der Waals surface area contributed by atoms with E-state index in [-0.39, 0.29) is 0 Å². The van der Waals surface area contributed by atoms with E-state index in [9.17, 15) is 0 Å².